The molecule has 1 aliphatic heterocycles. The van der Waals surface area contributed by atoms with Crippen molar-refractivity contribution >= 4 is 11.8 Å². The second-order valence-corrected chi connectivity index (χ2v) is 4.79. The predicted octanol–water partition coefficient (Wildman–Crippen LogP) is 1.97. The summed E-state index contributed by atoms with van der Waals surface area (Å²) in [4.78, 5) is 4.07. The number of thioether (sulfide) groups is 1. The smallest absolute Gasteiger partial charge is 0.191 e. The van der Waals surface area contributed by atoms with Crippen molar-refractivity contribution in [1.29, 1.82) is 0 Å². The lowest BCUT2D eigenvalue weighted by Gasteiger charge is -2.21. The Morgan fingerprint density at radius 3 is 3.29 bits per heavy atom. The summed E-state index contributed by atoms with van der Waals surface area (Å²) < 4.78 is 5.39. The first-order chi connectivity index (χ1) is 6.84. The Morgan fingerprint density at radius 1 is 1.71 bits per heavy atom. The van der Waals surface area contributed by atoms with Gasteiger partial charge in [-0.3, -0.25) is 0 Å². The molecule has 14 heavy (non-hydrogen) atoms. The summed E-state index contributed by atoms with van der Waals surface area (Å²) in [7, 11) is 0. The van der Waals surface area contributed by atoms with E-state index in [0.717, 1.165) is 18.2 Å². The van der Waals surface area contributed by atoms with Crippen molar-refractivity contribution in [3.8, 4) is 0 Å². The molecule has 3 nitrogen and oxygen atoms in total. The van der Waals surface area contributed by atoms with E-state index in [0.29, 0.717) is 6.04 Å². The Balaban J connectivity index is 1.76. The summed E-state index contributed by atoms with van der Waals surface area (Å²) >= 11 is 2.03. The Morgan fingerprint density at radius 2 is 2.64 bits per heavy atom. The second kappa shape index (κ2) is 4.84. The zero-order chi connectivity index (χ0) is 9.80. The molecule has 1 fully saturated rings. The molecular weight excluding hydrogens is 196 g/mol. The number of oxazole rings is 1. The van der Waals surface area contributed by atoms with Crippen molar-refractivity contribution < 1.29 is 4.42 Å². The van der Waals surface area contributed by atoms with Gasteiger partial charge in [0.25, 0.3) is 0 Å². The minimum atomic E-state index is 0.652. The number of hydrogen-bond acceptors (Lipinski definition) is 4. The minimum absolute atomic E-state index is 0.652. The van der Waals surface area contributed by atoms with Gasteiger partial charge >= 0.3 is 0 Å². The highest BCUT2D eigenvalue weighted by atomic mass is 32.2. The molecule has 2 rings (SSSR count). The van der Waals surface area contributed by atoms with E-state index in [9.17, 15) is 0 Å². The lowest BCUT2D eigenvalue weighted by atomic mass is 10.2. The van der Waals surface area contributed by atoms with Gasteiger partial charge < -0.3 is 9.73 Å². The molecule has 78 valence electrons. The molecule has 0 radical (unpaired) electrons. The van der Waals surface area contributed by atoms with Crippen LogP contribution in [-0.2, 0) is 6.54 Å². The van der Waals surface area contributed by atoms with Crippen molar-refractivity contribution in [3.63, 3.8) is 0 Å². The molecule has 4 heteroatoms. The molecule has 0 spiro atoms. The van der Waals surface area contributed by atoms with E-state index in [1.165, 1.54) is 24.3 Å². The van der Waals surface area contributed by atoms with E-state index in [4.69, 9.17) is 4.42 Å². The third-order valence-corrected chi connectivity index (χ3v) is 3.61. The fourth-order valence-corrected chi connectivity index (χ4v) is 2.74. The van der Waals surface area contributed by atoms with Gasteiger partial charge in [-0.25, -0.2) is 4.98 Å². The summed E-state index contributed by atoms with van der Waals surface area (Å²) in [6.07, 6.45) is 4.43. The van der Waals surface area contributed by atoms with Gasteiger partial charge in [0, 0.05) is 18.7 Å². The molecule has 1 unspecified atom stereocenters. The van der Waals surface area contributed by atoms with Crippen LogP contribution in [-0.4, -0.2) is 22.5 Å². The van der Waals surface area contributed by atoms with Crippen LogP contribution in [0.1, 0.15) is 24.5 Å². The number of nitrogens with one attached hydrogen (secondary N) is 1. The van der Waals surface area contributed by atoms with Crippen molar-refractivity contribution in [1.82, 2.24) is 10.3 Å². The maximum Gasteiger partial charge on any atom is 0.191 e. The number of nitrogens with zero attached hydrogens (tertiary/aromatic N) is 1. The minimum Gasteiger partial charge on any atom is -0.445 e. The lowest BCUT2D eigenvalue weighted by molar-refractivity contribution is 0.426. The molecule has 0 aliphatic carbocycles. The van der Waals surface area contributed by atoms with Crippen LogP contribution in [0, 0.1) is 6.92 Å². The van der Waals surface area contributed by atoms with Gasteiger partial charge in [0.2, 0.25) is 0 Å². The summed E-state index contributed by atoms with van der Waals surface area (Å²) in [6, 6.07) is 0.652. The predicted molar refractivity (Wildman–Crippen MR) is 58.4 cm³/mol. The maximum atomic E-state index is 5.39. The molecule has 0 aromatic carbocycles. The van der Waals surface area contributed by atoms with Gasteiger partial charge in [-0.1, -0.05) is 0 Å². The Kier molecular flexibility index (Phi) is 3.48. The fourth-order valence-electron chi connectivity index (χ4n) is 1.63. The average Bonchev–Trinajstić information content (AvgIpc) is 2.63. The largest absolute Gasteiger partial charge is 0.445 e. The van der Waals surface area contributed by atoms with Crippen LogP contribution in [0.2, 0.25) is 0 Å². The Bertz CT molecular complexity index is 281. The number of aromatic nitrogens is 1. The fraction of sp³-hybridized carbons (Fsp3) is 0.700. The monoisotopic (exact) mass is 212 g/mol. The SMILES string of the molecule is Cc1ncc(CNC2CCCSC2)o1. The summed E-state index contributed by atoms with van der Waals surface area (Å²) in [5.41, 5.74) is 0. The molecular formula is C10H16N2OS. The molecule has 1 N–H and O–H groups in total. The standard InChI is InChI=1S/C10H16N2OS/c1-8-11-5-10(13-8)6-12-9-3-2-4-14-7-9/h5,9,12H,2-4,6-7H2,1H3. The van der Waals surface area contributed by atoms with Crippen LogP contribution in [0.25, 0.3) is 0 Å². The highest BCUT2D eigenvalue weighted by Gasteiger charge is 2.13. The van der Waals surface area contributed by atoms with Crippen LogP contribution >= 0.6 is 11.8 Å². The third kappa shape index (κ3) is 2.75. The first kappa shape index (κ1) is 10.1. The van der Waals surface area contributed by atoms with Gasteiger partial charge in [0.05, 0.1) is 12.7 Å². The second-order valence-electron chi connectivity index (χ2n) is 3.64. The van der Waals surface area contributed by atoms with Crippen molar-refractivity contribution in [3.05, 3.63) is 17.8 Å². The van der Waals surface area contributed by atoms with Crippen molar-refractivity contribution in [2.45, 2.75) is 32.4 Å². The van der Waals surface area contributed by atoms with Crippen LogP contribution in [0.4, 0.5) is 0 Å². The Hall–Kier alpha value is -0.480. The van der Waals surface area contributed by atoms with E-state index < -0.39 is 0 Å². The van der Waals surface area contributed by atoms with Crippen LogP contribution in [0.3, 0.4) is 0 Å². The van der Waals surface area contributed by atoms with Gasteiger partial charge in [-0.05, 0) is 18.6 Å². The molecule has 1 aliphatic rings. The molecule has 1 saturated heterocycles. The first-order valence-electron chi connectivity index (χ1n) is 5.07. The summed E-state index contributed by atoms with van der Waals surface area (Å²) in [5.74, 6) is 4.24. The van der Waals surface area contributed by atoms with E-state index in [1.807, 2.05) is 18.7 Å². The average molecular weight is 212 g/mol. The molecule has 0 saturated carbocycles. The highest BCUT2D eigenvalue weighted by Crippen LogP contribution is 2.17. The summed E-state index contributed by atoms with van der Waals surface area (Å²) in [5, 5.41) is 3.50. The van der Waals surface area contributed by atoms with Crippen molar-refractivity contribution in [2.24, 2.45) is 0 Å². The first-order valence-corrected chi connectivity index (χ1v) is 6.22. The Labute approximate surface area is 88.7 Å². The number of hydrogen-bond donors (Lipinski definition) is 1. The molecule has 0 bridgehead atoms. The molecule has 1 aromatic heterocycles. The van der Waals surface area contributed by atoms with Crippen LogP contribution < -0.4 is 5.32 Å². The highest BCUT2D eigenvalue weighted by molar-refractivity contribution is 7.99. The molecule has 1 atom stereocenters. The summed E-state index contributed by atoms with van der Waals surface area (Å²) in [6.45, 7) is 2.69. The number of aryl methyl sites for hydroxylation is 1. The van der Waals surface area contributed by atoms with E-state index in [-0.39, 0.29) is 0 Å². The van der Waals surface area contributed by atoms with Gasteiger partial charge in [0.15, 0.2) is 5.89 Å². The van der Waals surface area contributed by atoms with E-state index >= 15 is 0 Å². The van der Waals surface area contributed by atoms with E-state index in [1.54, 1.807) is 6.20 Å². The van der Waals surface area contributed by atoms with Gasteiger partial charge in [-0.15, -0.1) is 0 Å². The molecule has 2 heterocycles. The normalized spacial score (nSPS) is 22.5. The molecule has 0 amide bonds. The van der Waals surface area contributed by atoms with Crippen LogP contribution in [0.5, 0.6) is 0 Å². The number of rotatable bonds is 3. The van der Waals surface area contributed by atoms with Crippen LogP contribution in [0.15, 0.2) is 10.6 Å². The maximum absolute atomic E-state index is 5.39. The van der Waals surface area contributed by atoms with Crippen molar-refractivity contribution in [2.75, 3.05) is 11.5 Å². The topological polar surface area (TPSA) is 38.1 Å². The van der Waals surface area contributed by atoms with Gasteiger partial charge in [-0.2, -0.15) is 11.8 Å². The third-order valence-electron chi connectivity index (χ3n) is 2.39. The zero-order valence-corrected chi connectivity index (χ0v) is 9.27. The lowest BCUT2D eigenvalue weighted by Crippen LogP contribution is -2.33. The van der Waals surface area contributed by atoms with E-state index in [2.05, 4.69) is 10.3 Å². The molecule has 1 aromatic rings. The van der Waals surface area contributed by atoms with Gasteiger partial charge in [0.1, 0.15) is 5.76 Å². The quantitative estimate of drug-likeness (QED) is 0.831. The zero-order valence-electron chi connectivity index (χ0n) is 8.45.